The average Bonchev–Trinajstić information content (AvgIpc) is 3.35. The molecule has 32 heavy (non-hydrogen) atoms. The summed E-state index contributed by atoms with van der Waals surface area (Å²) >= 11 is 0. The predicted molar refractivity (Wildman–Crippen MR) is 129 cm³/mol. The highest BCUT2D eigenvalue weighted by Gasteiger charge is 2.23. The Morgan fingerprint density at radius 2 is 1.84 bits per heavy atom. The first-order chi connectivity index (χ1) is 15.6. The third kappa shape index (κ3) is 6.99. The molecule has 0 aliphatic carbocycles. The molecule has 0 radical (unpaired) electrons. The highest BCUT2D eigenvalue weighted by atomic mass is 16.5. The van der Waals surface area contributed by atoms with Crippen LogP contribution in [0.5, 0.6) is 5.75 Å². The Labute approximate surface area is 191 Å². The highest BCUT2D eigenvalue weighted by Crippen LogP contribution is 2.24. The van der Waals surface area contributed by atoms with Gasteiger partial charge in [-0.15, -0.1) is 0 Å². The van der Waals surface area contributed by atoms with Gasteiger partial charge in [0.2, 0.25) is 0 Å². The maximum absolute atomic E-state index is 11.7. The van der Waals surface area contributed by atoms with Crippen LogP contribution in [0, 0.1) is 0 Å². The van der Waals surface area contributed by atoms with E-state index < -0.39 is 0 Å². The quantitative estimate of drug-likeness (QED) is 0.466. The molecule has 2 aromatic rings. The Balaban J connectivity index is 1.54. The van der Waals surface area contributed by atoms with Crippen molar-refractivity contribution in [2.45, 2.75) is 25.4 Å². The minimum absolute atomic E-state index is 0.0322. The lowest BCUT2D eigenvalue weighted by Crippen LogP contribution is -2.42. The van der Waals surface area contributed by atoms with Crippen LogP contribution in [0.25, 0.3) is 0 Å². The molecule has 2 N–H and O–H groups in total. The molecule has 1 unspecified atom stereocenters. The molecule has 1 saturated heterocycles. The zero-order valence-electron chi connectivity index (χ0n) is 19.4. The molecule has 0 spiro atoms. The summed E-state index contributed by atoms with van der Waals surface area (Å²) in [7, 11) is 5.22. The Kier molecular flexibility index (Phi) is 8.92. The number of likely N-dealkylation sites (tertiary alicyclic amines) is 1. The number of rotatable bonds is 9. The number of nitrogens with zero attached hydrogens (tertiary/aromatic N) is 3. The maximum atomic E-state index is 11.7. The fraction of sp³-hybridized carbons (Fsp3) is 0.440. The molecule has 3 rings (SSSR count). The van der Waals surface area contributed by atoms with Gasteiger partial charge in [-0.05, 0) is 49.2 Å². The molecule has 7 heteroatoms. The van der Waals surface area contributed by atoms with Crippen LogP contribution in [0.15, 0.2) is 59.6 Å². The summed E-state index contributed by atoms with van der Waals surface area (Å²) in [4.78, 5) is 20.2. The number of hydrogen-bond donors (Lipinski definition) is 2. The van der Waals surface area contributed by atoms with Crippen molar-refractivity contribution in [3.05, 3.63) is 65.7 Å². The van der Waals surface area contributed by atoms with Gasteiger partial charge >= 0.3 is 0 Å². The first-order valence-corrected chi connectivity index (χ1v) is 11.2. The minimum Gasteiger partial charge on any atom is -0.484 e. The highest BCUT2D eigenvalue weighted by molar-refractivity contribution is 5.79. The van der Waals surface area contributed by atoms with E-state index in [1.165, 1.54) is 23.3 Å². The van der Waals surface area contributed by atoms with Crippen molar-refractivity contribution in [1.82, 2.24) is 20.4 Å². The largest absolute Gasteiger partial charge is 0.484 e. The van der Waals surface area contributed by atoms with Crippen molar-refractivity contribution in [3.63, 3.8) is 0 Å². The molecular weight excluding hydrogens is 402 g/mol. The first-order valence-electron chi connectivity index (χ1n) is 11.2. The Bertz CT molecular complexity index is 879. The van der Waals surface area contributed by atoms with Gasteiger partial charge in [-0.3, -0.25) is 14.7 Å². The molecular formula is C25H35N5O2. The zero-order chi connectivity index (χ0) is 22.8. The summed E-state index contributed by atoms with van der Waals surface area (Å²) in [6.07, 6.45) is 2.52. The second-order valence-corrected chi connectivity index (χ2v) is 8.20. The summed E-state index contributed by atoms with van der Waals surface area (Å²) in [5.74, 6) is 1.38. The van der Waals surface area contributed by atoms with E-state index in [0.29, 0.717) is 18.3 Å². The van der Waals surface area contributed by atoms with E-state index in [-0.39, 0.29) is 12.5 Å². The summed E-state index contributed by atoms with van der Waals surface area (Å²) in [5, 5.41) is 6.88. The van der Waals surface area contributed by atoms with Crippen molar-refractivity contribution in [1.29, 1.82) is 0 Å². The van der Waals surface area contributed by atoms with Gasteiger partial charge in [-0.2, -0.15) is 0 Å². The molecule has 2 aromatic carbocycles. The van der Waals surface area contributed by atoms with E-state index in [0.717, 1.165) is 31.2 Å². The normalized spacial score (nSPS) is 15.3. The Hall–Kier alpha value is -3.06. The van der Waals surface area contributed by atoms with Crippen LogP contribution in [-0.2, 0) is 11.3 Å². The van der Waals surface area contributed by atoms with Crippen molar-refractivity contribution in [2.75, 3.05) is 47.4 Å². The lowest BCUT2D eigenvalue weighted by Gasteiger charge is -2.29. The Morgan fingerprint density at radius 3 is 2.53 bits per heavy atom. The van der Waals surface area contributed by atoms with Crippen molar-refractivity contribution >= 4 is 11.9 Å². The van der Waals surface area contributed by atoms with Gasteiger partial charge in [-0.25, -0.2) is 0 Å². The standard InChI is InChI=1S/C25H35N5O2/c1-26-25(27-17-20-10-9-13-22(16-20)32-19-24(31)29(2)3)28-18-23(30-14-7-8-15-30)21-11-5-4-6-12-21/h4-6,9-13,16,23H,7-8,14-15,17-19H2,1-3H3,(H2,26,27,28). The number of benzene rings is 2. The van der Waals surface area contributed by atoms with E-state index in [1.54, 1.807) is 21.1 Å². The second kappa shape index (κ2) is 12.1. The number of hydrogen-bond acceptors (Lipinski definition) is 4. The zero-order valence-corrected chi connectivity index (χ0v) is 19.4. The van der Waals surface area contributed by atoms with Crippen molar-refractivity contribution in [3.8, 4) is 5.75 Å². The molecule has 0 saturated carbocycles. The fourth-order valence-electron chi connectivity index (χ4n) is 3.81. The third-order valence-electron chi connectivity index (χ3n) is 5.67. The third-order valence-corrected chi connectivity index (χ3v) is 5.67. The molecule has 7 nitrogen and oxygen atoms in total. The fourth-order valence-corrected chi connectivity index (χ4v) is 3.81. The molecule has 1 aliphatic heterocycles. The summed E-state index contributed by atoms with van der Waals surface area (Å²) in [6, 6.07) is 18.8. The van der Waals surface area contributed by atoms with Crippen molar-refractivity contribution < 1.29 is 9.53 Å². The smallest absolute Gasteiger partial charge is 0.259 e. The van der Waals surface area contributed by atoms with E-state index in [9.17, 15) is 4.79 Å². The van der Waals surface area contributed by atoms with Crippen LogP contribution in [0.4, 0.5) is 0 Å². The number of carbonyl (C=O) groups excluding carboxylic acids is 1. The first kappa shape index (κ1) is 23.6. The molecule has 172 valence electrons. The SMILES string of the molecule is CN=C(NCc1cccc(OCC(=O)N(C)C)c1)NCC(c1ccccc1)N1CCCC1. The molecule has 1 fully saturated rings. The van der Waals surface area contributed by atoms with Crippen LogP contribution < -0.4 is 15.4 Å². The summed E-state index contributed by atoms with van der Waals surface area (Å²) in [6.45, 7) is 3.70. The lowest BCUT2D eigenvalue weighted by molar-refractivity contribution is -0.130. The van der Waals surface area contributed by atoms with Crippen LogP contribution >= 0.6 is 0 Å². The maximum Gasteiger partial charge on any atom is 0.259 e. The second-order valence-electron chi connectivity index (χ2n) is 8.20. The topological polar surface area (TPSA) is 69.2 Å². The van der Waals surface area contributed by atoms with Gasteiger partial charge in [0, 0.05) is 34.2 Å². The molecule has 1 aliphatic rings. The van der Waals surface area contributed by atoms with Crippen LogP contribution in [0.2, 0.25) is 0 Å². The molecule has 1 atom stereocenters. The van der Waals surface area contributed by atoms with Gasteiger partial charge in [-0.1, -0.05) is 42.5 Å². The number of aliphatic imine (C=N–C) groups is 1. The number of guanidine groups is 1. The van der Waals surface area contributed by atoms with Crippen LogP contribution in [0.3, 0.4) is 0 Å². The number of carbonyl (C=O) groups is 1. The van der Waals surface area contributed by atoms with Gasteiger partial charge in [0.25, 0.3) is 5.91 Å². The number of likely N-dealkylation sites (N-methyl/N-ethyl adjacent to an activating group) is 1. The van der Waals surface area contributed by atoms with E-state index in [4.69, 9.17) is 4.74 Å². The van der Waals surface area contributed by atoms with Gasteiger partial charge in [0.15, 0.2) is 12.6 Å². The predicted octanol–water partition coefficient (Wildman–Crippen LogP) is 2.66. The number of ether oxygens (including phenoxy) is 1. The lowest BCUT2D eigenvalue weighted by atomic mass is 10.1. The van der Waals surface area contributed by atoms with Gasteiger partial charge in [0.05, 0.1) is 6.04 Å². The number of nitrogens with one attached hydrogen (secondary N) is 2. The van der Waals surface area contributed by atoms with Crippen LogP contribution in [-0.4, -0.2) is 69.1 Å². The number of amides is 1. The van der Waals surface area contributed by atoms with Gasteiger partial charge < -0.3 is 20.3 Å². The molecule has 0 bridgehead atoms. The monoisotopic (exact) mass is 437 g/mol. The van der Waals surface area contributed by atoms with E-state index in [1.807, 2.05) is 24.3 Å². The van der Waals surface area contributed by atoms with Crippen molar-refractivity contribution in [2.24, 2.45) is 4.99 Å². The van der Waals surface area contributed by atoms with E-state index in [2.05, 4.69) is 50.9 Å². The summed E-state index contributed by atoms with van der Waals surface area (Å²) in [5.41, 5.74) is 2.39. The average molecular weight is 438 g/mol. The molecule has 0 aromatic heterocycles. The Morgan fingerprint density at radius 1 is 1.09 bits per heavy atom. The minimum atomic E-state index is -0.0656. The molecule has 1 heterocycles. The molecule has 1 amide bonds. The van der Waals surface area contributed by atoms with E-state index >= 15 is 0 Å². The van der Waals surface area contributed by atoms with Crippen LogP contribution in [0.1, 0.15) is 30.0 Å². The summed E-state index contributed by atoms with van der Waals surface area (Å²) < 4.78 is 5.62. The van der Waals surface area contributed by atoms with Gasteiger partial charge in [0.1, 0.15) is 5.75 Å².